The Hall–Kier alpha value is -2.20. The third kappa shape index (κ3) is 4.07. The van der Waals surface area contributed by atoms with Crippen LogP contribution in [-0.4, -0.2) is 17.3 Å². The van der Waals surface area contributed by atoms with E-state index in [2.05, 4.69) is 0 Å². The number of esters is 1. The van der Waals surface area contributed by atoms with Gasteiger partial charge in [-0.25, -0.2) is 0 Å². The molecule has 1 aliphatic rings. The van der Waals surface area contributed by atoms with Crippen LogP contribution in [0.1, 0.15) is 25.5 Å². The lowest BCUT2D eigenvalue weighted by atomic mass is 10.1. The van der Waals surface area contributed by atoms with Gasteiger partial charge < -0.3 is 9.84 Å². The fourth-order valence-corrected chi connectivity index (χ4v) is 2.87. The summed E-state index contributed by atoms with van der Waals surface area (Å²) >= 11 is 5.24. The number of ether oxygens (including phenoxy) is 1. The number of carbonyl (C=O) groups excluding carboxylic acids is 1. The number of aromatic hydroxyl groups is 1. The van der Waals surface area contributed by atoms with Crippen molar-refractivity contribution in [2.45, 2.75) is 26.1 Å². The van der Waals surface area contributed by atoms with Crippen LogP contribution in [0.25, 0.3) is 0 Å². The van der Waals surface area contributed by atoms with Gasteiger partial charge in [0.05, 0.1) is 5.92 Å². The van der Waals surface area contributed by atoms with Gasteiger partial charge in [-0.15, -0.1) is 0 Å². The van der Waals surface area contributed by atoms with Crippen LogP contribution in [0.2, 0.25) is 0 Å². The molecule has 8 heteroatoms. The lowest BCUT2D eigenvalue weighted by molar-refractivity contribution is -0.149. The van der Waals surface area contributed by atoms with Gasteiger partial charge in [0, 0.05) is 5.56 Å². The molecule has 0 bridgehead atoms. The monoisotopic (exact) mass is 373 g/mol. The lowest BCUT2D eigenvalue weighted by Gasteiger charge is -2.12. The van der Waals surface area contributed by atoms with E-state index >= 15 is 0 Å². The van der Waals surface area contributed by atoms with Gasteiger partial charge in [-0.1, -0.05) is 43.7 Å². The predicted octanol–water partition coefficient (Wildman–Crippen LogP) is 4.46. The van der Waals surface area contributed by atoms with Gasteiger partial charge in [-0.05, 0) is 23.5 Å². The minimum Gasteiger partial charge on any atom is -0.508 e. The van der Waals surface area contributed by atoms with Crippen LogP contribution in [0, 0.1) is 28.6 Å². The van der Waals surface area contributed by atoms with Gasteiger partial charge in [0.15, 0.2) is 0 Å². The molecule has 1 fully saturated rings. The Bertz CT molecular complexity index is 752. The summed E-state index contributed by atoms with van der Waals surface area (Å²) in [6.45, 7) is 3.24. The number of halogens is 4. The number of nitriles is 1. The van der Waals surface area contributed by atoms with E-state index in [1.165, 1.54) is 24.3 Å². The summed E-state index contributed by atoms with van der Waals surface area (Å²) in [7, 11) is 0. The van der Waals surface area contributed by atoms with Crippen LogP contribution in [-0.2, 0) is 9.53 Å². The Balaban J connectivity index is 2.14. The van der Waals surface area contributed by atoms with Crippen molar-refractivity contribution >= 4 is 17.6 Å². The molecule has 25 heavy (non-hydrogen) atoms. The second kappa shape index (κ2) is 6.60. The molecule has 0 spiro atoms. The number of hydrogen-bond acceptors (Lipinski definition) is 4. The molecule has 2 rings (SSSR count). The molecule has 1 aromatic rings. The van der Waals surface area contributed by atoms with E-state index in [-0.39, 0.29) is 11.3 Å². The number of hydrogen-bond donors (Lipinski definition) is 1. The summed E-state index contributed by atoms with van der Waals surface area (Å²) in [5, 5.41) is 17.3. The summed E-state index contributed by atoms with van der Waals surface area (Å²) in [5.41, 5.74) is -0.490. The standard InChI is InChI=1S/C17H15ClF3NO3/c1-16(2)11(7-13(18)17(19,20)21)14(16)15(24)25-12(8-22)9-4-3-5-10(23)6-9/h3-7,11-12,14,23H,1-2H3/b13-7-. The maximum absolute atomic E-state index is 12.6. The van der Waals surface area contributed by atoms with Crippen LogP contribution in [0.15, 0.2) is 35.4 Å². The molecule has 134 valence electrons. The molecule has 0 amide bonds. The molecule has 0 heterocycles. The molecule has 1 aliphatic carbocycles. The average Bonchev–Trinajstić information content (AvgIpc) is 3.04. The summed E-state index contributed by atoms with van der Waals surface area (Å²) in [5.74, 6) is -2.46. The zero-order valence-electron chi connectivity index (χ0n) is 13.3. The van der Waals surface area contributed by atoms with E-state index in [0.717, 1.165) is 6.08 Å². The maximum Gasteiger partial charge on any atom is 0.426 e. The van der Waals surface area contributed by atoms with Crippen LogP contribution in [0.3, 0.4) is 0 Å². The van der Waals surface area contributed by atoms with Crippen LogP contribution in [0.5, 0.6) is 5.75 Å². The minimum atomic E-state index is -4.68. The first-order chi connectivity index (χ1) is 11.5. The van der Waals surface area contributed by atoms with Gasteiger partial charge in [0.25, 0.3) is 0 Å². The number of rotatable bonds is 4. The molecular formula is C17H15ClF3NO3. The topological polar surface area (TPSA) is 70.3 Å². The Morgan fingerprint density at radius 1 is 1.48 bits per heavy atom. The summed E-state index contributed by atoms with van der Waals surface area (Å²) < 4.78 is 42.8. The molecule has 1 saturated carbocycles. The van der Waals surface area contributed by atoms with Crippen molar-refractivity contribution in [3.05, 3.63) is 40.9 Å². The first-order valence-electron chi connectivity index (χ1n) is 7.32. The third-order valence-corrected chi connectivity index (χ3v) is 4.63. The Kier molecular flexibility index (Phi) is 5.05. The number of phenols is 1. The van der Waals surface area contributed by atoms with Crippen LogP contribution in [0.4, 0.5) is 13.2 Å². The van der Waals surface area contributed by atoms with Crippen molar-refractivity contribution in [3.8, 4) is 11.8 Å². The van der Waals surface area contributed by atoms with Crippen LogP contribution < -0.4 is 0 Å². The number of phenolic OH excluding ortho intramolecular Hbond substituents is 1. The molecule has 0 radical (unpaired) electrons. The predicted molar refractivity (Wildman–Crippen MR) is 83.3 cm³/mol. The third-order valence-electron chi connectivity index (χ3n) is 4.29. The maximum atomic E-state index is 12.6. The first-order valence-corrected chi connectivity index (χ1v) is 7.70. The summed E-state index contributed by atoms with van der Waals surface area (Å²) in [6.07, 6.45) is -5.13. The van der Waals surface area contributed by atoms with Gasteiger partial charge in [0.2, 0.25) is 6.10 Å². The second-order valence-corrected chi connectivity index (χ2v) is 6.79. The van der Waals surface area contributed by atoms with Gasteiger partial charge in [-0.2, -0.15) is 18.4 Å². The quantitative estimate of drug-likeness (QED) is 0.791. The number of alkyl halides is 3. The van der Waals surface area contributed by atoms with Crippen molar-refractivity contribution in [1.82, 2.24) is 0 Å². The van der Waals surface area contributed by atoms with Crippen molar-refractivity contribution in [1.29, 1.82) is 5.26 Å². The molecule has 3 unspecified atom stereocenters. The average molecular weight is 374 g/mol. The minimum absolute atomic E-state index is 0.0988. The van der Waals surface area contributed by atoms with E-state index < -0.39 is 40.5 Å². The molecular weight excluding hydrogens is 359 g/mol. The van der Waals surface area contributed by atoms with Gasteiger partial charge >= 0.3 is 12.1 Å². The van der Waals surface area contributed by atoms with Crippen molar-refractivity contribution in [3.63, 3.8) is 0 Å². The zero-order valence-corrected chi connectivity index (χ0v) is 14.1. The number of benzene rings is 1. The highest BCUT2D eigenvalue weighted by molar-refractivity contribution is 6.30. The normalized spacial score (nSPS) is 23.5. The SMILES string of the molecule is CC1(C)C(/C=C(\Cl)C(F)(F)F)C1C(=O)OC(C#N)c1cccc(O)c1. The van der Waals surface area contributed by atoms with Gasteiger partial charge in [-0.3, -0.25) is 4.79 Å². The molecule has 0 aliphatic heterocycles. The van der Waals surface area contributed by atoms with Crippen molar-refractivity contribution in [2.24, 2.45) is 17.3 Å². The van der Waals surface area contributed by atoms with Crippen LogP contribution >= 0.6 is 11.6 Å². The Morgan fingerprint density at radius 3 is 2.64 bits per heavy atom. The fourth-order valence-electron chi connectivity index (χ4n) is 2.74. The van der Waals surface area contributed by atoms with Crippen molar-refractivity contribution < 1.29 is 27.8 Å². The zero-order chi connectivity index (χ0) is 19.0. The second-order valence-electron chi connectivity index (χ2n) is 6.38. The number of carbonyl (C=O) groups is 1. The van der Waals surface area contributed by atoms with E-state index in [4.69, 9.17) is 16.3 Å². The van der Waals surface area contributed by atoms with E-state index in [1.54, 1.807) is 19.9 Å². The molecule has 0 aromatic heterocycles. The number of nitrogens with zero attached hydrogens (tertiary/aromatic N) is 1. The summed E-state index contributed by atoms with van der Waals surface area (Å²) in [4.78, 5) is 12.3. The largest absolute Gasteiger partial charge is 0.508 e. The number of allylic oxidation sites excluding steroid dienone is 2. The molecule has 0 saturated heterocycles. The molecule has 1 N–H and O–H groups in total. The fraction of sp³-hybridized carbons (Fsp3) is 0.412. The highest BCUT2D eigenvalue weighted by Crippen LogP contribution is 2.60. The van der Waals surface area contributed by atoms with Gasteiger partial charge in [0.1, 0.15) is 16.9 Å². The van der Waals surface area contributed by atoms with E-state index in [1.807, 2.05) is 0 Å². The highest BCUT2D eigenvalue weighted by Gasteiger charge is 2.62. The highest BCUT2D eigenvalue weighted by atomic mass is 35.5. The smallest absolute Gasteiger partial charge is 0.426 e. The summed E-state index contributed by atoms with van der Waals surface area (Å²) in [6, 6.07) is 7.44. The van der Waals surface area contributed by atoms with E-state index in [9.17, 15) is 28.3 Å². The molecule has 1 aromatic carbocycles. The first kappa shape index (κ1) is 19.1. The van der Waals surface area contributed by atoms with E-state index in [0.29, 0.717) is 0 Å². The Morgan fingerprint density at radius 2 is 2.12 bits per heavy atom. The Labute approximate surface area is 147 Å². The molecule has 3 atom stereocenters. The molecule has 4 nitrogen and oxygen atoms in total. The van der Waals surface area contributed by atoms with Crippen molar-refractivity contribution in [2.75, 3.05) is 0 Å². The lowest BCUT2D eigenvalue weighted by Crippen LogP contribution is -2.14.